The first-order valence-electron chi connectivity index (χ1n) is 7.65. The summed E-state index contributed by atoms with van der Waals surface area (Å²) in [5, 5.41) is 10.4. The Balaban J connectivity index is 1.92. The van der Waals surface area contributed by atoms with Gasteiger partial charge in [-0.1, -0.05) is 19.1 Å². The van der Waals surface area contributed by atoms with Crippen molar-refractivity contribution in [1.82, 2.24) is 0 Å². The summed E-state index contributed by atoms with van der Waals surface area (Å²) in [6.07, 6.45) is 1.73. The van der Waals surface area contributed by atoms with E-state index in [1.165, 1.54) is 0 Å². The Kier molecular flexibility index (Phi) is 3.66. The molecule has 3 fully saturated rings. The molecule has 0 spiro atoms. The Morgan fingerprint density at radius 1 is 1.41 bits per heavy atom. The minimum Gasteiger partial charge on any atom is -0.461 e. The minimum atomic E-state index is -4.23. The lowest BCUT2D eigenvalue weighted by atomic mass is 9.54. The van der Waals surface area contributed by atoms with Gasteiger partial charge in [-0.25, -0.2) is 0 Å². The first-order valence-corrected chi connectivity index (χ1v) is 9.26. The van der Waals surface area contributed by atoms with Gasteiger partial charge in [-0.2, -0.15) is 8.42 Å². The van der Waals surface area contributed by atoms with Crippen LogP contribution in [0.1, 0.15) is 32.6 Å². The van der Waals surface area contributed by atoms with E-state index in [9.17, 15) is 18.3 Å². The molecule has 2 aliphatic carbocycles. The molecule has 1 aliphatic heterocycles. The third-order valence-electron chi connectivity index (χ3n) is 5.88. The summed E-state index contributed by atoms with van der Waals surface area (Å²) >= 11 is 0. The predicted octanol–water partition coefficient (Wildman–Crippen LogP) is 1.16. The molecule has 6 nitrogen and oxygen atoms in total. The van der Waals surface area contributed by atoms with Crippen molar-refractivity contribution in [2.45, 2.75) is 44.8 Å². The number of carbonyl (C=O) groups excluding carboxylic acids is 1. The Labute approximate surface area is 130 Å². The van der Waals surface area contributed by atoms with E-state index in [2.05, 4.69) is 6.58 Å². The summed E-state index contributed by atoms with van der Waals surface area (Å²) in [7, 11) is -4.23. The van der Waals surface area contributed by atoms with E-state index in [0.29, 0.717) is 25.7 Å². The van der Waals surface area contributed by atoms with Gasteiger partial charge in [-0.3, -0.25) is 9.35 Å². The number of rotatable bonds is 2. The van der Waals surface area contributed by atoms with E-state index in [-0.39, 0.29) is 17.3 Å². The second-order valence-electron chi connectivity index (χ2n) is 7.16. The van der Waals surface area contributed by atoms with Gasteiger partial charge in [0.1, 0.15) is 6.10 Å². The van der Waals surface area contributed by atoms with Gasteiger partial charge in [0.25, 0.3) is 10.1 Å². The molecule has 3 rings (SSSR count). The molecular weight excluding hydrogens is 308 g/mol. The van der Waals surface area contributed by atoms with Gasteiger partial charge in [-0.05, 0) is 25.7 Å². The van der Waals surface area contributed by atoms with Crippen LogP contribution in [0.25, 0.3) is 0 Å². The molecule has 0 aromatic heterocycles. The molecule has 2 saturated carbocycles. The van der Waals surface area contributed by atoms with Crippen LogP contribution in [0, 0.1) is 23.2 Å². The molecule has 0 bridgehead atoms. The Hall–Kier alpha value is -0.920. The second-order valence-corrected chi connectivity index (χ2v) is 8.65. The number of hydrogen-bond acceptors (Lipinski definition) is 5. The van der Waals surface area contributed by atoms with Crippen molar-refractivity contribution < 1.29 is 27.6 Å². The standard InChI is InChI=1S/C15H22O6S/c1-8-3-4-11(16)15(2)6-5-9-10(7-22(18,19)20)14(17)21-13(9)12(8)15/h9-13,16H,1,3-7H2,2H3,(H,18,19,20)/t9-,10-,11+,12+,13-,15-/m0/s1. The van der Waals surface area contributed by atoms with E-state index in [0.717, 1.165) is 5.57 Å². The monoisotopic (exact) mass is 330 g/mol. The highest BCUT2D eigenvalue weighted by Gasteiger charge is 2.60. The van der Waals surface area contributed by atoms with E-state index < -0.39 is 40.0 Å². The first kappa shape index (κ1) is 16.0. The van der Waals surface area contributed by atoms with Gasteiger partial charge in [0.2, 0.25) is 0 Å². The summed E-state index contributed by atoms with van der Waals surface area (Å²) in [5.74, 6) is -2.37. The smallest absolute Gasteiger partial charge is 0.310 e. The number of ether oxygens (including phenoxy) is 1. The molecule has 124 valence electrons. The van der Waals surface area contributed by atoms with Crippen LogP contribution in [0.3, 0.4) is 0 Å². The number of carbonyl (C=O) groups is 1. The van der Waals surface area contributed by atoms with Gasteiger partial charge in [0.05, 0.1) is 17.8 Å². The maximum absolute atomic E-state index is 12.1. The van der Waals surface area contributed by atoms with E-state index >= 15 is 0 Å². The predicted molar refractivity (Wildman–Crippen MR) is 78.5 cm³/mol. The topological polar surface area (TPSA) is 101 Å². The normalized spacial score (nSPS) is 45.1. The zero-order chi connectivity index (χ0) is 16.3. The number of fused-ring (bicyclic) bond motifs is 3. The lowest BCUT2D eigenvalue weighted by Crippen LogP contribution is -2.53. The van der Waals surface area contributed by atoms with E-state index in [1.54, 1.807) is 0 Å². The lowest BCUT2D eigenvalue weighted by Gasteiger charge is -2.53. The van der Waals surface area contributed by atoms with Gasteiger partial charge < -0.3 is 9.84 Å². The average Bonchev–Trinajstić information content (AvgIpc) is 2.69. The highest BCUT2D eigenvalue weighted by molar-refractivity contribution is 7.85. The van der Waals surface area contributed by atoms with Crippen LogP contribution < -0.4 is 0 Å². The maximum Gasteiger partial charge on any atom is 0.310 e. The lowest BCUT2D eigenvalue weighted by molar-refractivity contribution is -0.152. The molecule has 0 radical (unpaired) electrons. The van der Waals surface area contributed by atoms with Crippen LogP contribution in [0.5, 0.6) is 0 Å². The molecule has 0 unspecified atom stereocenters. The number of aliphatic hydroxyl groups is 1. The van der Waals surface area contributed by atoms with Crippen LogP contribution in [-0.2, 0) is 19.6 Å². The molecule has 7 heteroatoms. The molecular formula is C15H22O6S. The summed E-state index contributed by atoms with van der Waals surface area (Å²) in [5.41, 5.74) is 0.576. The van der Waals surface area contributed by atoms with E-state index in [1.807, 2.05) is 6.92 Å². The summed E-state index contributed by atoms with van der Waals surface area (Å²) in [6.45, 7) is 6.09. The molecule has 3 aliphatic rings. The molecule has 0 aromatic carbocycles. The van der Waals surface area contributed by atoms with Crippen molar-refractivity contribution >= 4 is 16.1 Å². The van der Waals surface area contributed by atoms with Crippen molar-refractivity contribution in [3.05, 3.63) is 12.2 Å². The molecule has 2 N–H and O–H groups in total. The third kappa shape index (κ3) is 2.39. The van der Waals surface area contributed by atoms with Gasteiger partial charge in [0, 0.05) is 17.3 Å². The van der Waals surface area contributed by atoms with Gasteiger partial charge in [-0.15, -0.1) is 0 Å². The van der Waals surface area contributed by atoms with Crippen molar-refractivity contribution in [2.75, 3.05) is 5.75 Å². The van der Waals surface area contributed by atoms with Crippen molar-refractivity contribution in [3.63, 3.8) is 0 Å². The fraction of sp³-hybridized carbons (Fsp3) is 0.800. The van der Waals surface area contributed by atoms with Crippen LogP contribution in [0.2, 0.25) is 0 Å². The molecule has 1 saturated heterocycles. The van der Waals surface area contributed by atoms with Crippen LogP contribution >= 0.6 is 0 Å². The SMILES string of the molecule is C=C1CC[C@@H](O)[C@]2(C)CC[C@@H]3[C@H](OC(=O)[C@H]3CS(=O)(=O)O)[C@@H]12. The number of aliphatic hydroxyl groups excluding tert-OH is 1. The zero-order valence-electron chi connectivity index (χ0n) is 12.6. The Morgan fingerprint density at radius 2 is 2.09 bits per heavy atom. The Bertz CT molecular complexity index is 612. The molecule has 22 heavy (non-hydrogen) atoms. The summed E-state index contributed by atoms with van der Waals surface area (Å²) < 4.78 is 36.9. The average molecular weight is 330 g/mol. The summed E-state index contributed by atoms with van der Waals surface area (Å²) in [4.78, 5) is 12.1. The number of hydrogen-bond donors (Lipinski definition) is 2. The molecule has 0 amide bonds. The first-order chi connectivity index (χ1) is 10.1. The second kappa shape index (κ2) is 5.04. The van der Waals surface area contributed by atoms with Crippen molar-refractivity contribution in [1.29, 1.82) is 0 Å². The van der Waals surface area contributed by atoms with Gasteiger partial charge >= 0.3 is 5.97 Å². The third-order valence-corrected chi connectivity index (χ3v) is 6.66. The maximum atomic E-state index is 12.1. The fourth-order valence-corrected chi connectivity index (χ4v) is 5.54. The van der Waals surface area contributed by atoms with Crippen molar-refractivity contribution in [3.8, 4) is 0 Å². The quantitative estimate of drug-likeness (QED) is 0.448. The summed E-state index contributed by atoms with van der Waals surface area (Å²) in [6, 6.07) is 0. The van der Waals surface area contributed by atoms with Gasteiger partial charge in [0.15, 0.2) is 0 Å². The van der Waals surface area contributed by atoms with Crippen LogP contribution in [0.15, 0.2) is 12.2 Å². The highest BCUT2D eigenvalue weighted by Crippen LogP contribution is 2.57. The Morgan fingerprint density at radius 3 is 2.73 bits per heavy atom. The highest BCUT2D eigenvalue weighted by atomic mass is 32.2. The molecule has 1 heterocycles. The minimum absolute atomic E-state index is 0.148. The molecule has 0 aromatic rings. The zero-order valence-corrected chi connectivity index (χ0v) is 13.4. The molecule has 6 atom stereocenters. The number of esters is 1. The van der Waals surface area contributed by atoms with Crippen LogP contribution in [-0.4, -0.2) is 42.0 Å². The fourth-order valence-electron chi connectivity index (χ4n) is 4.70. The van der Waals surface area contributed by atoms with E-state index in [4.69, 9.17) is 9.29 Å². The van der Waals surface area contributed by atoms with Crippen molar-refractivity contribution in [2.24, 2.45) is 23.2 Å². The largest absolute Gasteiger partial charge is 0.461 e. The van der Waals surface area contributed by atoms with Crippen LogP contribution in [0.4, 0.5) is 0 Å².